The van der Waals surface area contributed by atoms with Crippen LogP contribution in [-0.4, -0.2) is 23.7 Å². The summed E-state index contributed by atoms with van der Waals surface area (Å²) in [5, 5.41) is 9.83. The SMILES string of the molecule is CCOc1ccccc1C(O)CSC. The zero-order valence-corrected chi connectivity index (χ0v) is 9.38. The van der Waals surface area contributed by atoms with E-state index in [1.54, 1.807) is 11.8 Å². The second kappa shape index (κ2) is 5.94. The summed E-state index contributed by atoms with van der Waals surface area (Å²) in [6.45, 7) is 2.57. The average Bonchev–Trinajstić information content (AvgIpc) is 2.19. The van der Waals surface area contributed by atoms with Gasteiger partial charge in [-0.15, -0.1) is 0 Å². The molecule has 0 saturated heterocycles. The number of para-hydroxylation sites is 1. The lowest BCUT2D eigenvalue weighted by Gasteiger charge is -2.14. The Morgan fingerprint density at radius 2 is 2.14 bits per heavy atom. The van der Waals surface area contributed by atoms with Crippen LogP contribution in [0.3, 0.4) is 0 Å². The molecule has 0 saturated carbocycles. The third-order valence-corrected chi connectivity index (χ3v) is 2.55. The van der Waals surface area contributed by atoms with E-state index in [-0.39, 0.29) is 0 Å². The Labute approximate surface area is 89.3 Å². The van der Waals surface area contributed by atoms with Gasteiger partial charge in [-0.05, 0) is 19.2 Å². The fraction of sp³-hybridized carbons (Fsp3) is 0.455. The molecular weight excluding hydrogens is 196 g/mol. The van der Waals surface area contributed by atoms with Crippen molar-refractivity contribution in [3.8, 4) is 5.75 Å². The Hall–Kier alpha value is -0.670. The van der Waals surface area contributed by atoms with E-state index in [0.717, 1.165) is 11.3 Å². The lowest BCUT2D eigenvalue weighted by atomic mass is 10.1. The number of aliphatic hydroxyl groups is 1. The topological polar surface area (TPSA) is 29.5 Å². The summed E-state index contributed by atoms with van der Waals surface area (Å²) in [4.78, 5) is 0. The molecule has 0 heterocycles. The predicted octanol–water partition coefficient (Wildman–Crippen LogP) is 2.48. The molecular formula is C11H16O2S. The van der Waals surface area contributed by atoms with Gasteiger partial charge in [0.1, 0.15) is 5.75 Å². The molecule has 78 valence electrons. The van der Waals surface area contributed by atoms with Gasteiger partial charge in [-0.25, -0.2) is 0 Å². The van der Waals surface area contributed by atoms with Crippen LogP contribution in [0, 0.1) is 0 Å². The molecule has 1 unspecified atom stereocenters. The normalized spacial score (nSPS) is 12.5. The van der Waals surface area contributed by atoms with Crippen molar-refractivity contribution in [3.05, 3.63) is 29.8 Å². The molecule has 0 radical (unpaired) electrons. The number of hydrogen-bond donors (Lipinski definition) is 1. The first-order valence-electron chi connectivity index (χ1n) is 4.68. The smallest absolute Gasteiger partial charge is 0.125 e. The summed E-state index contributed by atoms with van der Waals surface area (Å²) in [6.07, 6.45) is 1.54. The first-order valence-corrected chi connectivity index (χ1v) is 6.07. The van der Waals surface area contributed by atoms with Crippen LogP contribution in [0.5, 0.6) is 5.75 Å². The lowest BCUT2D eigenvalue weighted by Crippen LogP contribution is -2.04. The summed E-state index contributed by atoms with van der Waals surface area (Å²) >= 11 is 1.63. The zero-order valence-electron chi connectivity index (χ0n) is 8.56. The molecule has 1 atom stereocenters. The van der Waals surface area contributed by atoms with Gasteiger partial charge in [-0.1, -0.05) is 18.2 Å². The van der Waals surface area contributed by atoms with Crippen LogP contribution in [-0.2, 0) is 0 Å². The van der Waals surface area contributed by atoms with E-state index in [9.17, 15) is 5.11 Å². The standard InChI is InChI=1S/C11H16O2S/c1-3-13-11-7-5-4-6-9(11)10(12)8-14-2/h4-7,10,12H,3,8H2,1-2H3. The average molecular weight is 212 g/mol. The van der Waals surface area contributed by atoms with Gasteiger partial charge >= 0.3 is 0 Å². The zero-order chi connectivity index (χ0) is 10.4. The third-order valence-electron chi connectivity index (χ3n) is 1.90. The summed E-state index contributed by atoms with van der Waals surface area (Å²) in [5.41, 5.74) is 0.878. The molecule has 0 amide bonds. The number of benzene rings is 1. The Morgan fingerprint density at radius 3 is 2.79 bits per heavy atom. The summed E-state index contributed by atoms with van der Waals surface area (Å²) in [6, 6.07) is 7.63. The first-order chi connectivity index (χ1) is 6.79. The van der Waals surface area contributed by atoms with E-state index < -0.39 is 6.10 Å². The molecule has 0 aromatic heterocycles. The van der Waals surface area contributed by atoms with Gasteiger partial charge in [0, 0.05) is 11.3 Å². The Kier molecular flexibility index (Phi) is 4.84. The van der Waals surface area contributed by atoms with Gasteiger partial charge in [0.2, 0.25) is 0 Å². The summed E-state index contributed by atoms with van der Waals surface area (Å²) in [5.74, 6) is 1.49. The molecule has 0 aliphatic rings. The van der Waals surface area contributed by atoms with Crippen LogP contribution >= 0.6 is 11.8 Å². The Balaban J connectivity index is 2.82. The van der Waals surface area contributed by atoms with E-state index in [1.165, 1.54) is 0 Å². The molecule has 1 rings (SSSR count). The van der Waals surface area contributed by atoms with Gasteiger partial charge in [0.15, 0.2) is 0 Å². The van der Waals surface area contributed by atoms with Gasteiger partial charge in [-0.2, -0.15) is 11.8 Å². The van der Waals surface area contributed by atoms with Gasteiger partial charge in [0.25, 0.3) is 0 Å². The highest BCUT2D eigenvalue weighted by molar-refractivity contribution is 7.98. The number of thioether (sulfide) groups is 1. The predicted molar refractivity (Wildman–Crippen MR) is 61.0 cm³/mol. The van der Waals surface area contributed by atoms with Crippen molar-refractivity contribution >= 4 is 11.8 Å². The van der Waals surface area contributed by atoms with Crippen molar-refractivity contribution in [1.29, 1.82) is 0 Å². The number of hydrogen-bond acceptors (Lipinski definition) is 3. The second-order valence-corrected chi connectivity index (χ2v) is 3.85. The largest absolute Gasteiger partial charge is 0.493 e. The van der Waals surface area contributed by atoms with Crippen LogP contribution in [0.4, 0.5) is 0 Å². The van der Waals surface area contributed by atoms with Crippen LogP contribution < -0.4 is 4.74 Å². The Morgan fingerprint density at radius 1 is 1.43 bits per heavy atom. The maximum atomic E-state index is 9.83. The Bertz CT molecular complexity index is 276. The minimum Gasteiger partial charge on any atom is -0.493 e. The molecule has 1 aromatic rings. The maximum absolute atomic E-state index is 9.83. The number of aliphatic hydroxyl groups excluding tert-OH is 1. The van der Waals surface area contributed by atoms with Crippen LogP contribution in [0.2, 0.25) is 0 Å². The monoisotopic (exact) mass is 212 g/mol. The highest BCUT2D eigenvalue weighted by Gasteiger charge is 2.11. The van der Waals surface area contributed by atoms with Crippen LogP contribution in [0.15, 0.2) is 24.3 Å². The number of rotatable bonds is 5. The highest BCUT2D eigenvalue weighted by Crippen LogP contribution is 2.26. The molecule has 0 bridgehead atoms. The molecule has 14 heavy (non-hydrogen) atoms. The van der Waals surface area contributed by atoms with Crippen molar-refractivity contribution < 1.29 is 9.84 Å². The minimum absolute atomic E-state index is 0.437. The maximum Gasteiger partial charge on any atom is 0.125 e. The molecule has 1 N–H and O–H groups in total. The van der Waals surface area contributed by atoms with E-state index in [0.29, 0.717) is 12.4 Å². The van der Waals surface area contributed by atoms with E-state index in [2.05, 4.69) is 0 Å². The van der Waals surface area contributed by atoms with Gasteiger partial charge in [-0.3, -0.25) is 0 Å². The van der Waals surface area contributed by atoms with Crippen molar-refractivity contribution in [2.24, 2.45) is 0 Å². The van der Waals surface area contributed by atoms with Crippen molar-refractivity contribution in [2.75, 3.05) is 18.6 Å². The lowest BCUT2D eigenvalue weighted by molar-refractivity contribution is 0.197. The van der Waals surface area contributed by atoms with Crippen molar-refractivity contribution in [1.82, 2.24) is 0 Å². The molecule has 0 spiro atoms. The van der Waals surface area contributed by atoms with E-state index in [4.69, 9.17) is 4.74 Å². The first kappa shape index (κ1) is 11.4. The van der Waals surface area contributed by atoms with Crippen molar-refractivity contribution in [3.63, 3.8) is 0 Å². The fourth-order valence-electron chi connectivity index (χ4n) is 1.29. The quantitative estimate of drug-likeness (QED) is 0.813. The molecule has 0 aliphatic carbocycles. The van der Waals surface area contributed by atoms with Crippen molar-refractivity contribution in [2.45, 2.75) is 13.0 Å². The molecule has 2 nitrogen and oxygen atoms in total. The summed E-state index contributed by atoms with van der Waals surface area (Å²) in [7, 11) is 0. The minimum atomic E-state index is -0.437. The van der Waals surface area contributed by atoms with Crippen LogP contribution in [0.1, 0.15) is 18.6 Å². The van der Waals surface area contributed by atoms with E-state index in [1.807, 2.05) is 37.4 Å². The second-order valence-electron chi connectivity index (χ2n) is 2.94. The molecule has 3 heteroatoms. The number of ether oxygens (including phenoxy) is 1. The van der Waals surface area contributed by atoms with E-state index >= 15 is 0 Å². The third kappa shape index (κ3) is 2.93. The molecule has 0 aliphatic heterocycles. The fourth-order valence-corrected chi connectivity index (χ4v) is 1.79. The highest BCUT2D eigenvalue weighted by atomic mass is 32.2. The van der Waals surface area contributed by atoms with Gasteiger partial charge in [0.05, 0.1) is 12.7 Å². The van der Waals surface area contributed by atoms with Crippen LogP contribution in [0.25, 0.3) is 0 Å². The van der Waals surface area contributed by atoms with Gasteiger partial charge < -0.3 is 9.84 Å². The molecule has 0 fully saturated rings. The molecule has 1 aromatic carbocycles. The summed E-state index contributed by atoms with van der Waals surface area (Å²) < 4.78 is 5.44.